The predicted molar refractivity (Wildman–Crippen MR) is 252 cm³/mol. The van der Waals surface area contributed by atoms with E-state index in [-0.39, 0.29) is 6.42 Å². The topological polar surface area (TPSA) is 226 Å². The standard InChI is InChI=1S/C49H94NO12P/c1-3-5-7-9-11-13-15-17-19-21-23-25-27-29-31-33-35-37-42(52)41(39-61-63(59,60)62-49-47(57)45(55)44(54)46(56)48(49)58)50-43(53)38-40(51)36-34-32-30-28-26-24-22-20-18-16-14-12-10-8-6-4-2/h24,26,35,37,40-42,44-49,51-52,54-58H,3-23,25,27-34,36,38-39H2,1-2H3,(H,50,53)(H,59,60)/b26-24-,37-35+. The Hall–Kier alpha value is -1.22. The van der Waals surface area contributed by atoms with Crippen LogP contribution in [0.1, 0.15) is 219 Å². The number of allylic oxidation sites excluding steroid dienone is 3. The van der Waals surface area contributed by atoms with Crippen molar-refractivity contribution in [1.82, 2.24) is 5.32 Å². The molecule has 1 aliphatic carbocycles. The third kappa shape index (κ3) is 30.6. The van der Waals surface area contributed by atoms with Crippen molar-refractivity contribution >= 4 is 13.7 Å². The number of unbranched alkanes of at least 4 members (excludes halogenated alkanes) is 27. The van der Waals surface area contributed by atoms with Crippen molar-refractivity contribution in [2.24, 2.45) is 0 Å². The van der Waals surface area contributed by atoms with Gasteiger partial charge in [0.1, 0.15) is 36.6 Å². The molecule has 14 heteroatoms. The SMILES string of the molecule is CCCCCCCCCCC/C=C\CCCCCC(O)CC(=O)NC(COP(=O)(O)OC1C(O)C(O)C(O)C(O)C1O)C(O)/C=C/CCCCCCCCCCCCCCCCC. The Morgan fingerprint density at radius 3 is 1.35 bits per heavy atom. The highest BCUT2D eigenvalue weighted by Crippen LogP contribution is 2.47. The molecular formula is C49H94NO12P. The number of aliphatic hydroxyl groups excluding tert-OH is 7. The number of rotatable bonds is 42. The summed E-state index contributed by atoms with van der Waals surface area (Å²) in [6.45, 7) is 3.75. The van der Waals surface area contributed by atoms with E-state index in [0.29, 0.717) is 12.8 Å². The number of carbonyl (C=O) groups excluding carboxylic acids is 1. The zero-order valence-corrected chi connectivity index (χ0v) is 40.4. The van der Waals surface area contributed by atoms with Gasteiger partial charge in [-0.05, 0) is 44.9 Å². The quantitative estimate of drug-likeness (QED) is 0.0159. The first-order chi connectivity index (χ1) is 30.3. The van der Waals surface area contributed by atoms with E-state index in [1.54, 1.807) is 6.08 Å². The van der Waals surface area contributed by atoms with Gasteiger partial charge in [-0.15, -0.1) is 0 Å². The van der Waals surface area contributed by atoms with Crippen LogP contribution in [0.25, 0.3) is 0 Å². The Labute approximate surface area is 382 Å². The van der Waals surface area contributed by atoms with Crippen LogP contribution in [0.3, 0.4) is 0 Å². The highest BCUT2D eigenvalue weighted by Gasteiger charge is 2.51. The maximum Gasteiger partial charge on any atom is 0.472 e. The van der Waals surface area contributed by atoms with Gasteiger partial charge in [0.2, 0.25) is 5.91 Å². The van der Waals surface area contributed by atoms with Crippen molar-refractivity contribution in [3.63, 3.8) is 0 Å². The Kier molecular flexibility index (Phi) is 36.9. The molecule has 8 unspecified atom stereocenters. The lowest BCUT2D eigenvalue weighted by atomic mass is 9.85. The van der Waals surface area contributed by atoms with Gasteiger partial charge in [0.05, 0.1) is 31.3 Å². The summed E-state index contributed by atoms with van der Waals surface area (Å²) in [5.74, 6) is -0.600. The number of amides is 1. The molecule has 8 atom stereocenters. The lowest BCUT2D eigenvalue weighted by molar-refractivity contribution is -0.220. The Bertz CT molecular complexity index is 1180. The summed E-state index contributed by atoms with van der Waals surface area (Å²) in [5, 5.41) is 74.6. The highest BCUT2D eigenvalue weighted by atomic mass is 31.2. The molecule has 0 spiro atoms. The zero-order chi connectivity index (χ0) is 46.6. The van der Waals surface area contributed by atoms with Gasteiger partial charge in [-0.25, -0.2) is 4.57 Å². The average Bonchev–Trinajstić information content (AvgIpc) is 3.26. The van der Waals surface area contributed by atoms with Crippen LogP contribution in [-0.2, 0) is 18.4 Å². The first-order valence-electron chi connectivity index (χ1n) is 25.4. The van der Waals surface area contributed by atoms with Gasteiger partial charge in [0, 0.05) is 0 Å². The lowest BCUT2D eigenvalue weighted by Gasteiger charge is -2.41. The molecule has 372 valence electrons. The van der Waals surface area contributed by atoms with E-state index in [2.05, 4.69) is 31.3 Å². The summed E-state index contributed by atoms with van der Waals surface area (Å²) in [6, 6.07) is -1.24. The number of hydrogen-bond acceptors (Lipinski definition) is 11. The first-order valence-corrected chi connectivity index (χ1v) is 26.9. The van der Waals surface area contributed by atoms with Crippen molar-refractivity contribution in [2.45, 2.75) is 274 Å². The molecule has 0 aromatic heterocycles. The largest absolute Gasteiger partial charge is 0.472 e. The molecule has 1 fully saturated rings. The average molecular weight is 920 g/mol. The summed E-state index contributed by atoms with van der Waals surface area (Å²) in [7, 11) is -5.14. The number of hydrogen-bond donors (Lipinski definition) is 9. The van der Waals surface area contributed by atoms with Crippen molar-refractivity contribution in [1.29, 1.82) is 0 Å². The molecule has 1 saturated carbocycles. The molecule has 0 heterocycles. The third-order valence-corrected chi connectivity index (χ3v) is 13.3. The Morgan fingerprint density at radius 2 is 0.921 bits per heavy atom. The Morgan fingerprint density at radius 1 is 0.556 bits per heavy atom. The van der Waals surface area contributed by atoms with Gasteiger partial charge in [0.25, 0.3) is 0 Å². The second-order valence-corrected chi connectivity index (χ2v) is 19.6. The molecule has 0 aliphatic heterocycles. The van der Waals surface area contributed by atoms with E-state index in [1.165, 1.54) is 141 Å². The van der Waals surface area contributed by atoms with Gasteiger partial charge in [-0.1, -0.05) is 192 Å². The van der Waals surface area contributed by atoms with E-state index in [4.69, 9.17) is 9.05 Å². The number of aliphatic hydroxyl groups is 7. The van der Waals surface area contributed by atoms with Crippen LogP contribution in [0.5, 0.6) is 0 Å². The van der Waals surface area contributed by atoms with Gasteiger partial charge in [-0.3, -0.25) is 13.8 Å². The highest BCUT2D eigenvalue weighted by molar-refractivity contribution is 7.47. The van der Waals surface area contributed by atoms with Crippen molar-refractivity contribution in [3.8, 4) is 0 Å². The molecule has 1 amide bonds. The molecule has 0 bridgehead atoms. The summed E-state index contributed by atoms with van der Waals surface area (Å²) in [6.07, 6.45) is 29.7. The van der Waals surface area contributed by atoms with Gasteiger partial charge in [-0.2, -0.15) is 0 Å². The van der Waals surface area contributed by atoms with E-state index in [0.717, 1.165) is 51.4 Å². The molecule has 1 aliphatic rings. The van der Waals surface area contributed by atoms with E-state index in [9.17, 15) is 50.0 Å². The molecule has 0 saturated heterocycles. The summed E-state index contributed by atoms with van der Waals surface area (Å²) in [5.41, 5.74) is 0. The fourth-order valence-corrected chi connectivity index (χ4v) is 9.09. The number of phosphoric ester groups is 1. The fourth-order valence-electron chi connectivity index (χ4n) is 8.12. The molecule has 0 radical (unpaired) electrons. The van der Waals surface area contributed by atoms with Gasteiger partial charge in [0.15, 0.2) is 0 Å². The zero-order valence-electron chi connectivity index (χ0n) is 39.5. The number of nitrogens with one attached hydrogen (secondary N) is 1. The van der Waals surface area contributed by atoms with Crippen LogP contribution in [0.15, 0.2) is 24.3 Å². The normalized spacial score (nSPS) is 23.0. The van der Waals surface area contributed by atoms with Crippen molar-refractivity contribution < 1.29 is 59.0 Å². The minimum Gasteiger partial charge on any atom is -0.393 e. The van der Waals surface area contributed by atoms with Crippen molar-refractivity contribution in [3.05, 3.63) is 24.3 Å². The van der Waals surface area contributed by atoms with Crippen LogP contribution in [0, 0.1) is 0 Å². The molecule has 13 nitrogen and oxygen atoms in total. The van der Waals surface area contributed by atoms with Crippen LogP contribution in [0.2, 0.25) is 0 Å². The Balaban J connectivity index is 2.52. The van der Waals surface area contributed by atoms with Gasteiger partial charge < -0.3 is 46.0 Å². The first kappa shape index (κ1) is 59.8. The predicted octanol–water partition coefficient (Wildman–Crippen LogP) is 9.15. The summed E-state index contributed by atoms with van der Waals surface area (Å²) in [4.78, 5) is 23.5. The minimum atomic E-state index is -5.14. The molecule has 0 aromatic carbocycles. The monoisotopic (exact) mass is 920 g/mol. The van der Waals surface area contributed by atoms with Crippen LogP contribution < -0.4 is 5.32 Å². The number of phosphoric acid groups is 1. The van der Waals surface area contributed by atoms with Crippen molar-refractivity contribution in [2.75, 3.05) is 6.61 Å². The maximum absolute atomic E-state index is 13.0. The fraction of sp³-hybridized carbons (Fsp3) is 0.898. The summed E-state index contributed by atoms with van der Waals surface area (Å²) < 4.78 is 22.9. The summed E-state index contributed by atoms with van der Waals surface area (Å²) >= 11 is 0. The number of carbonyl (C=O) groups is 1. The smallest absolute Gasteiger partial charge is 0.393 e. The minimum absolute atomic E-state index is 0.253. The van der Waals surface area contributed by atoms with Crippen LogP contribution in [-0.4, -0.2) is 108 Å². The van der Waals surface area contributed by atoms with Gasteiger partial charge >= 0.3 is 7.82 Å². The second kappa shape index (κ2) is 38.8. The maximum atomic E-state index is 13.0. The molecule has 9 N–H and O–H groups in total. The third-order valence-electron chi connectivity index (χ3n) is 12.3. The molecule has 1 rings (SSSR count). The van der Waals surface area contributed by atoms with E-state index < -0.39 is 75.2 Å². The second-order valence-electron chi connectivity index (χ2n) is 18.2. The van der Waals surface area contributed by atoms with E-state index in [1.807, 2.05) is 0 Å². The van der Waals surface area contributed by atoms with Crippen LogP contribution >= 0.6 is 7.82 Å². The molecular weight excluding hydrogens is 826 g/mol. The lowest BCUT2D eigenvalue weighted by Crippen LogP contribution is -2.64. The molecule has 0 aromatic rings. The van der Waals surface area contributed by atoms with Crippen LogP contribution in [0.4, 0.5) is 0 Å². The van der Waals surface area contributed by atoms with E-state index >= 15 is 0 Å². The molecule has 63 heavy (non-hydrogen) atoms.